The highest BCUT2D eigenvalue weighted by Crippen LogP contribution is 2.22. The van der Waals surface area contributed by atoms with Crippen molar-refractivity contribution in [3.63, 3.8) is 0 Å². The van der Waals surface area contributed by atoms with Gasteiger partial charge in [0.05, 0.1) is 18.4 Å². The Hall–Kier alpha value is -2.64. The fraction of sp³-hybridized carbons (Fsp3) is 0.429. The van der Waals surface area contributed by atoms with Gasteiger partial charge >= 0.3 is 0 Å². The number of carbonyl (C=O) groups is 2. The van der Waals surface area contributed by atoms with Crippen LogP contribution in [0.25, 0.3) is 11.5 Å². The molecule has 2 aromatic rings. The van der Waals surface area contributed by atoms with E-state index in [9.17, 15) is 9.59 Å². The number of furan rings is 1. The van der Waals surface area contributed by atoms with Crippen molar-refractivity contribution in [3.8, 4) is 11.5 Å². The highest BCUT2D eigenvalue weighted by Gasteiger charge is 2.14. The summed E-state index contributed by atoms with van der Waals surface area (Å²) in [5.41, 5.74) is 0.736. The lowest BCUT2D eigenvalue weighted by molar-refractivity contribution is -0.126. The van der Waals surface area contributed by atoms with Crippen molar-refractivity contribution in [2.24, 2.45) is 0 Å². The molecule has 0 atom stereocenters. The van der Waals surface area contributed by atoms with Crippen molar-refractivity contribution >= 4 is 11.8 Å². The number of aromatic nitrogens is 2. The van der Waals surface area contributed by atoms with Crippen LogP contribution < -0.4 is 10.6 Å². The molecule has 118 valence electrons. The molecule has 2 rings (SSSR count). The zero-order chi connectivity index (χ0) is 15.9. The number of hydrogen-bond donors (Lipinski definition) is 2. The van der Waals surface area contributed by atoms with Crippen molar-refractivity contribution in [2.45, 2.75) is 26.7 Å². The van der Waals surface area contributed by atoms with E-state index in [0.29, 0.717) is 30.5 Å². The number of amides is 2. The third-order valence-corrected chi connectivity index (χ3v) is 2.94. The van der Waals surface area contributed by atoms with Gasteiger partial charge in [-0.3, -0.25) is 9.59 Å². The molecule has 0 aliphatic carbocycles. The first-order valence-corrected chi connectivity index (χ1v) is 7.00. The van der Waals surface area contributed by atoms with E-state index in [-0.39, 0.29) is 24.8 Å². The monoisotopic (exact) mass is 306 g/mol. The van der Waals surface area contributed by atoms with E-state index in [1.54, 1.807) is 19.3 Å². The number of hydrogen-bond acceptors (Lipinski definition) is 6. The van der Waals surface area contributed by atoms with Gasteiger partial charge in [0.25, 0.3) is 5.89 Å². The number of carbonyl (C=O) groups excluding carboxylic acids is 2. The molecule has 0 spiro atoms. The molecule has 0 saturated heterocycles. The quantitative estimate of drug-likeness (QED) is 0.783. The highest BCUT2D eigenvalue weighted by molar-refractivity contribution is 5.84. The summed E-state index contributed by atoms with van der Waals surface area (Å²) in [6.07, 6.45) is 2.03. The first kappa shape index (κ1) is 15.7. The minimum atomic E-state index is -0.245. The van der Waals surface area contributed by atoms with E-state index in [1.165, 1.54) is 0 Å². The van der Waals surface area contributed by atoms with Gasteiger partial charge in [0.1, 0.15) is 5.76 Å². The van der Waals surface area contributed by atoms with Gasteiger partial charge < -0.3 is 19.5 Å². The zero-order valence-corrected chi connectivity index (χ0v) is 12.5. The second kappa shape index (κ2) is 7.39. The molecule has 0 unspecified atom stereocenters. The molecular weight excluding hydrogens is 288 g/mol. The predicted molar refractivity (Wildman–Crippen MR) is 76.8 cm³/mol. The van der Waals surface area contributed by atoms with Gasteiger partial charge in [-0.1, -0.05) is 0 Å². The molecule has 0 aliphatic heterocycles. The Morgan fingerprint density at radius 3 is 2.73 bits per heavy atom. The topological polar surface area (TPSA) is 110 Å². The van der Waals surface area contributed by atoms with E-state index in [0.717, 1.165) is 5.56 Å². The predicted octanol–water partition coefficient (Wildman–Crippen LogP) is 0.823. The number of nitrogens with zero attached hydrogens (tertiary/aromatic N) is 2. The number of nitrogens with one attached hydrogen (secondary N) is 2. The lowest BCUT2D eigenvalue weighted by atomic mass is 10.2. The van der Waals surface area contributed by atoms with Gasteiger partial charge in [-0.2, -0.15) is 0 Å². The molecular formula is C14H18N4O4. The number of aryl methyl sites for hydroxylation is 2. The molecule has 2 N–H and O–H groups in total. The second-order valence-corrected chi connectivity index (χ2v) is 4.62. The summed E-state index contributed by atoms with van der Waals surface area (Å²) in [7, 11) is 0. The summed E-state index contributed by atoms with van der Waals surface area (Å²) in [5.74, 6) is 0.958. The Morgan fingerprint density at radius 1 is 1.23 bits per heavy atom. The van der Waals surface area contributed by atoms with Crippen LogP contribution in [0.1, 0.15) is 25.0 Å². The Balaban J connectivity index is 1.80. The van der Waals surface area contributed by atoms with E-state index < -0.39 is 0 Å². The Morgan fingerprint density at radius 2 is 2.05 bits per heavy atom. The van der Waals surface area contributed by atoms with Crippen LogP contribution in [-0.4, -0.2) is 35.1 Å². The van der Waals surface area contributed by atoms with Crippen LogP contribution in [0.3, 0.4) is 0 Å². The van der Waals surface area contributed by atoms with Crippen molar-refractivity contribution in [1.29, 1.82) is 0 Å². The van der Waals surface area contributed by atoms with Crippen LogP contribution in [0.2, 0.25) is 0 Å². The molecule has 0 radical (unpaired) electrons. The Kier molecular flexibility index (Phi) is 5.29. The average Bonchev–Trinajstić information content (AvgIpc) is 3.11. The average molecular weight is 306 g/mol. The van der Waals surface area contributed by atoms with Crippen molar-refractivity contribution in [2.75, 3.05) is 13.1 Å². The van der Waals surface area contributed by atoms with E-state index in [4.69, 9.17) is 8.83 Å². The molecule has 8 nitrogen and oxygen atoms in total. The molecule has 0 aromatic carbocycles. The van der Waals surface area contributed by atoms with Crippen molar-refractivity contribution in [3.05, 3.63) is 24.0 Å². The SMILES string of the molecule is CCNC(=O)CNC(=O)CCc1nnc(-c2ccoc2C)o1. The second-order valence-electron chi connectivity index (χ2n) is 4.62. The summed E-state index contributed by atoms with van der Waals surface area (Å²) < 4.78 is 10.7. The molecule has 0 saturated carbocycles. The van der Waals surface area contributed by atoms with Crippen LogP contribution in [-0.2, 0) is 16.0 Å². The van der Waals surface area contributed by atoms with Crippen LogP contribution in [0.4, 0.5) is 0 Å². The fourth-order valence-electron chi connectivity index (χ4n) is 1.82. The summed E-state index contributed by atoms with van der Waals surface area (Å²) in [4.78, 5) is 22.8. The van der Waals surface area contributed by atoms with Gasteiger partial charge in [0.2, 0.25) is 17.7 Å². The molecule has 22 heavy (non-hydrogen) atoms. The summed E-state index contributed by atoms with van der Waals surface area (Å²) in [6.45, 7) is 4.12. The van der Waals surface area contributed by atoms with Crippen LogP contribution in [0.5, 0.6) is 0 Å². The maximum atomic E-state index is 11.6. The lowest BCUT2D eigenvalue weighted by Gasteiger charge is -2.04. The zero-order valence-electron chi connectivity index (χ0n) is 12.5. The van der Waals surface area contributed by atoms with Crippen LogP contribution in [0.15, 0.2) is 21.2 Å². The van der Waals surface area contributed by atoms with Gasteiger partial charge in [0, 0.05) is 19.4 Å². The van der Waals surface area contributed by atoms with Crippen molar-refractivity contribution < 1.29 is 18.4 Å². The minimum absolute atomic E-state index is 0.0318. The smallest absolute Gasteiger partial charge is 0.251 e. The summed E-state index contributed by atoms with van der Waals surface area (Å²) in [6, 6.07) is 1.74. The van der Waals surface area contributed by atoms with E-state index in [1.807, 2.05) is 6.92 Å². The third-order valence-electron chi connectivity index (χ3n) is 2.94. The van der Waals surface area contributed by atoms with Crippen LogP contribution >= 0.6 is 0 Å². The Labute approximate surface area is 127 Å². The highest BCUT2D eigenvalue weighted by atomic mass is 16.4. The third kappa shape index (κ3) is 4.18. The maximum Gasteiger partial charge on any atom is 0.251 e. The van der Waals surface area contributed by atoms with Gasteiger partial charge in [-0.25, -0.2) is 0 Å². The minimum Gasteiger partial charge on any atom is -0.469 e. The molecule has 8 heteroatoms. The standard InChI is InChI=1S/C14H18N4O4/c1-3-15-12(20)8-16-11(19)4-5-13-17-18-14(22-13)10-6-7-21-9(10)2/h6-7H,3-5,8H2,1-2H3,(H,15,20)(H,16,19). The molecule has 0 bridgehead atoms. The summed E-state index contributed by atoms with van der Waals surface area (Å²) >= 11 is 0. The first-order chi connectivity index (χ1) is 10.6. The molecule has 2 amide bonds. The number of likely N-dealkylation sites (N-methyl/N-ethyl adjacent to an activating group) is 1. The largest absolute Gasteiger partial charge is 0.469 e. The normalized spacial score (nSPS) is 10.5. The summed E-state index contributed by atoms with van der Waals surface area (Å²) in [5, 5.41) is 12.9. The van der Waals surface area contributed by atoms with Crippen LogP contribution in [0, 0.1) is 6.92 Å². The van der Waals surface area contributed by atoms with E-state index >= 15 is 0 Å². The molecule has 0 aliphatic rings. The molecule has 0 fully saturated rings. The Bertz CT molecular complexity index is 647. The van der Waals surface area contributed by atoms with Gasteiger partial charge in [-0.05, 0) is 19.9 Å². The maximum absolute atomic E-state index is 11.6. The van der Waals surface area contributed by atoms with Gasteiger partial charge in [0.15, 0.2) is 0 Å². The number of rotatable bonds is 7. The molecule has 2 heterocycles. The molecule has 2 aromatic heterocycles. The van der Waals surface area contributed by atoms with Gasteiger partial charge in [-0.15, -0.1) is 10.2 Å². The fourth-order valence-corrected chi connectivity index (χ4v) is 1.82. The van der Waals surface area contributed by atoms with Crippen molar-refractivity contribution in [1.82, 2.24) is 20.8 Å². The lowest BCUT2D eigenvalue weighted by Crippen LogP contribution is -2.36. The van der Waals surface area contributed by atoms with E-state index in [2.05, 4.69) is 20.8 Å². The first-order valence-electron chi connectivity index (χ1n) is 7.00.